The number of hydrogen-bond donors (Lipinski definition) is 2. The Hall–Kier alpha value is -1.21. The van der Waals surface area contributed by atoms with Crippen LogP contribution in [0.15, 0.2) is 16.7 Å². The van der Waals surface area contributed by atoms with E-state index in [1.165, 1.54) is 12.3 Å². The molecule has 1 aliphatic carbocycles. The van der Waals surface area contributed by atoms with Crippen LogP contribution in [0.2, 0.25) is 0 Å². The van der Waals surface area contributed by atoms with Crippen molar-refractivity contribution in [3.63, 3.8) is 0 Å². The van der Waals surface area contributed by atoms with E-state index in [9.17, 15) is 15.2 Å². The van der Waals surface area contributed by atoms with Crippen LogP contribution < -0.4 is 5.32 Å². The fourth-order valence-electron chi connectivity index (χ4n) is 2.38. The quantitative estimate of drug-likeness (QED) is 0.647. The molecule has 7 heteroatoms. The SMILES string of the molecule is CC1CCC(O)(CNc2ncc([N+](=O)[O-])cc2Br)CC1. The number of nitrogens with one attached hydrogen (secondary N) is 1. The third kappa shape index (κ3) is 3.67. The van der Waals surface area contributed by atoms with Crippen LogP contribution in [0.4, 0.5) is 11.5 Å². The molecule has 0 spiro atoms. The summed E-state index contributed by atoms with van der Waals surface area (Å²) in [6.07, 6.45) is 4.79. The van der Waals surface area contributed by atoms with E-state index in [4.69, 9.17) is 0 Å². The van der Waals surface area contributed by atoms with Gasteiger partial charge in [0.15, 0.2) is 0 Å². The second-order valence-electron chi connectivity index (χ2n) is 5.54. The van der Waals surface area contributed by atoms with Crippen molar-refractivity contribution >= 4 is 27.4 Å². The Morgan fingerprint density at radius 3 is 2.80 bits per heavy atom. The van der Waals surface area contributed by atoms with E-state index in [-0.39, 0.29) is 5.69 Å². The zero-order chi connectivity index (χ0) is 14.8. The summed E-state index contributed by atoms with van der Waals surface area (Å²) in [5.41, 5.74) is -0.775. The minimum absolute atomic E-state index is 0.0624. The molecule has 0 aliphatic heterocycles. The normalized spacial score (nSPS) is 26.2. The molecule has 0 atom stereocenters. The lowest BCUT2D eigenvalue weighted by atomic mass is 9.79. The van der Waals surface area contributed by atoms with Crippen molar-refractivity contribution in [2.75, 3.05) is 11.9 Å². The number of nitrogens with zero attached hydrogens (tertiary/aromatic N) is 2. The molecule has 0 amide bonds. The van der Waals surface area contributed by atoms with E-state index in [0.29, 0.717) is 22.8 Å². The first kappa shape index (κ1) is 15.2. The lowest BCUT2D eigenvalue weighted by Gasteiger charge is -2.35. The molecule has 0 saturated heterocycles. The number of hydrogen-bond acceptors (Lipinski definition) is 5. The molecule has 0 aromatic carbocycles. The summed E-state index contributed by atoms with van der Waals surface area (Å²) in [7, 11) is 0. The summed E-state index contributed by atoms with van der Waals surface area (Å²) >= 11 is 3.26. The molecule has 1 aliphatic rings. The summed E-state index contributed by atoms with van der Waals surface area (Å²) in [4.78, 5) is 14.2. The number of rotatable bonds is 4. The van der Waals surface area contributed by atoms with Crippen LogP contribution >= 0.6 is 15.9 Å². The Morgan fingerprint density at radius 2 is 2.25 bits per heavy atom. The first-order valence-corrected chi connectivity index (χ1v) is 7.45. The van der Waals surface area contributed by atoms with Gasteiger partial charge in [-0.15, -0.1) is 0 Å². The number of nitro groups is 1. The molecule has 1 fully saturated rings. The molecule has 20 heavy (non-hydrogen) atoms. The topological polar surface area (TPSA) is 88.3 Å². The lowest BCUT2D eigenvalue weighted by Crippen LogP contribution is -2.40. The standard InChI is InChI=1S/C13H18BrN3O3/c1-9-2-4-13(18,5-3-9)8-16-12-11(14)6-10(7-15-12)17(19)20/h6-7,9,18H,2-5,8H2,1H3,(H,15,16). The largest absolute Gasteiger partial charge is 0.388 e. The van der Waals surface area contributed by atoms with Crippen LogP contribution in [-0.4, -0.2) is 27.2 Å². The second-order valence-corrected chi connectivity index (χ2v) is 6.40. The van der Waals surface area contributed by atoms with Gasteiger partial charge >= 0.3 is 0 Å². The first-order chi connectivity index (χ1) is 9.39. The molecule has 2 N–H and O–H groups in total. The van der Waals surface area contributed by atoms with E-state index in [0.717, 1.165) is 25.7 Å². The second kappa shape index (κ2) is 6.05. The summed E-state index contributed by atoms with van der Waals surface area (Å²) in [6, 6.07) is 1.41. The zero-order valence-electron chi connectivity index (χ0n) is 11.3. The molecule has 0 bridgehead atoms. The van der Waals surface area contributed by atoms with Crippen LogP contribution in [0.1, 0.15) is 32.6 Å². The lowest BCUT2D eigenvalue weighted by molar-refractivity contribution is -0.385. The minimum atomic E-state index is -0.713. The van der Waals surface area contributed by atoms with E-state index >= 15 is 0 Å². The fraction of sp³-hybridized carbons (Fsp3) is 0.615. The van der Waals surface area contributed by atoms with Crippen molar-refractivity contribution < 1.29 is 10.0 Å². The number of pyridine rings is 1. The van der Waals surface area contributed by atoms with Gasteiger partial charge < -0.3 is 10.4 Å². The van der Waals surface area contributed by atoms with Gasteiger partial charge in [-0.3, -0.25) is 10.1 Å². The van der Waals surface area contributed by atoms with Crippen molar-refractivity contribution in [2.24, 2.45) is 5.92 Å². The number of anilines is 1. The number of aromatic nitrogens is 1. The highest BCUT2D eigenvalue weighted by Gasteiger charge is 2.31. The monoisotopic (exact) mass is 343 g/mol. The number of aliphatic hydroxyl groups is 1. The molecule has 6 nitrogen and oxygen atoms in total. The molecular weight excluding hydrogens is 326 g/mol. The third-order valence-corrected chi connectivity index (χ3v) is 4.43. The van der Waals surface area contributed by atoms with Gasteiger partial charge in [0, 0.05) is 12.6 Å². The van der Waals surface area contributed by atoms with E-state index < -0.39 is 10.5 Å². The molecule has 0 unspecified atom stereocenters. The maximum Gasteiger partial charge on any atom is 0.288 e. The Labute approximate surface area is 125 Å². The van der Waals surface area contributed by atoms with Gasteiger partial charge in [-0.25, -0.2) is 4.98 Å². The predicted molar refractivity (Wildman–Crippen MR) is 79.7 cm³/mol. The van der Waals surface area contributed by atoms with Crippen LogP contribution in [0, 0.1) is 16.0 Å². The molecule has 2 rings (SSSR count). The maximum atomic E-state index is 10.6. The van der Waals surface area contributed by atoms with Crippen molar-refractivity contribution in [1.82, 2.24) is 4.98 Å². The third-order valence-electron chi connectivity index (χ3n) is 3.83. The summed E-state index contributed by atoms with van der Waals surface area (Å²) in [6.45, 7) is 2.60. The smallest absolute Gasteiger partial charge is 0.288 e. The van der Waals surface area contributed by atoms with Gasteiger partial charge in [0.2, 0.25) is 0 Å². The molecule has 1 aromatic rings. The molecule has 1 heterocycles. The Balaban J connectivity index is 1.99. The van der Waals surface area contributed by atoms with Crippen molar-refractivity contribution in [1.29, 1.82) is 0 Å². The Morgan fingerprint density at radius 1 is 1.60 bits per heavy atom. The minimum Gasteiger partial charge on any atom is -0.388 e. The van der Waals surface area contributed by atoms with Gasteiger partial charge in [-0.1, -0.05) is 6.92 Å². The van der Waals surface area contributed by atoms with Gasteiger partial charge in [-0.05, 0) is 47.5 Å². The zero-order valence-corrected chi connectivity index (χ0v) is 12.9. The van der Waals surface area contributed by atoms with Gasteiger partial charge in [0.25, 0.3) is 5.69 Å². The predicted octanol–water partition coefficient (Wildman–Crippen LogP) is 3.11. The summed E-state index contributed by atoms with van der Waals surface area (Å²) in [5, 5.41) is 24.2. The highest BCUT2D eigenvalue weighted by atomic mass is 79.9. The van der Waals surface area contributed by atoms with Crippen LogP contribution in [0.5, 0.6) is 0 Å². The average Bonchev–Trinajstić information content (AvgIpc) is 2.41. The highest BCUT2D eigenvalue weighted by Crippen LogP contribution is 2.32. The highest BCUT2D eigenvalue weighted by molar-refractivity contribution is 9.10. The van der Waals surface area contributed by atoms with Crippen molar-refractivity contribution in [3.8, 4) is 0 Å². The Kier molecular flexibility index (Phi) is 4.59. The van der Waals surface area contributed by atoms with E-state index in [1.54, 1.807) is 0 Å². The Bertz CT molecular complexity index is 502. The molecule has 110 valence electrons. The van der Waals surface area contributed by atoms with E-state index in [2.05, 4.69) is 33.2 Å². The molecular formula is C13H18BrN3O3. The van der Waals surface area contributed by atoms with Gasteiger partial charge in [-0.2, -0.15) is 0 Å². The van der Waals surface area contributed by atoms with Crippen LogP contribution in [-0.2, 0) is 0 Å². The van der Waals surface area contributed by atoms with Crippen molar-refractivity contribution in [2.45, 2.75) is 38.2 Å². The summed E-state index contributed by atoms with van der Waals surface area (Å²) in [5.74, 6) is 1.18. The molecule has 1 saturated carbocycles. The van der Waals surface area contributed by atoms with Crippen LogP contribution in [0.25, 0.3) is 0 Å². The molecule has 1 aromatic heterocycles. The van der Waals surface area contributed by atoms with E-state index in [1.807, 2.05) is 0 Å². The van der Waals surface area contributed by atoms with Gasteiger partial charge in [0.05, 0.1) is 15.0 Å². The van der Waals surface area contributed by atoms with Gasteiger partial charge in [0.1, 0.15) is 12.0 Å². The first-order valence-electron chi connectivity index (χ1n) is 6.66. The van der Waals surface area contributed by atoms with Crippen LogP contribution in [0.3, 0.4) is 0 Å². The summed E-state index contributed by atoms with van der Waals surface area (Å²) < 4.78 is 0.527. The fourth-order valence-corrected chi connectivity index (χ4v) is 2.86. The van der Waals surface area contributed by atoms with Crippen molar-refractivity contribution in [3.05, 3.63) is 26.9 Å². The maximum absolute atomic E-state index is 10.6. The average molecular weight is 344 g/mol. The number of halogens is 1. The molecule has 0 radical (unpaired) electrons.